The lowest BCUT2D eigenvalue weighted by Gasteiger charge is -2.29. The number of rotatable bonds is 4. The highest BCUT2D eigenvalue weighted by atomic mass is 32.2. The predicted molar refractivity (Wildman–Crippen MR) is 97.7 cm³/mol. The van der Waals surface area contributed by atoms with Gasteiger partial charge in [-0.1, -0.05) is 52.3 Å². The lowest BCUT2D eigenvalue weighted by atomic mass is 9.86. The number of nitrogens with two attached hydrogens (primary N) is 1. The van der Waals surface area contributed by atoms with Crippen molar-refractivity contribution in [1.29, 1.82) is 0 Å². The number of aromatic nitrogens is 3. The highest BCUT2D eigenvalue weighted by molar-refractivity contribution is 7.99. The topological polar surface area (TPSA) is 115 Å². The molecule has 3 amide bonds. The second-order valence-electron chi connectivity index (χ2n) is 7.60. The van der Waals surface area contributed by atoms with Crippen LogP contribution in [0.4, 0.5) is 4.79 Å². The highest BCUT2D eigenvalue weighted by Gasteiger charge is 2.25. The van der Waals surface area contributed by atoms with Crippen LogP contribution in [0, 0.1) is 5.92 Å². The molecule has 8 nitrogen and oxygen atoms in total. The van der Waals surface area contributed by atoms with Gasteiger partial charge in [0.15, 0.2) is 5.82 Å². The van der Waals surface area contributed by atoms with Gasteiger partial charge < -0.3 is 11.2 Å². The van der Waals surface area contributed by atoms with E-state index in [0.29, 0.717) is 16.9 Å². The van der Waals surface area contributed by atoms with Crippen molar-refractivity contribution >= 4 is 23.7 Å². The summed E-state index contributed by atoms with van der Waals surface area (Å²) in [6.07, 6.45) is 4.38. The van der Waals surface area contributed by atoms with E-state index in [2.05, 4.69) is 27.8 Å². The molecular weight excluding hydrogens is 340 g/mol. The maximum absolute atomic E-state index is 12.0. The molecule has 9 heteroatoms. The normalized spacial score (nSPS) is 21.0. The number of nitrogens with zero attached hydrogens (tertiary/aromatic N) is 3. The van der Waals surface area contributed by atoms with Gasteiger partial charge in [-0.15, -0.1) is 10.2 Å². The molecule has 1 fully saturated rings. The van der Waals surface area contributed by atoms with Crippen LogP contribution in [0.5, 0.6) is 0 Å². The Hall–Kier alpha value is -1.77. The minimum absolute atomic E-state index is 0.0487. The third-order valence-corrected chi connectivity index (χ3v) is 5.29. The van der Waals surface area contributed by atoms with E-state index in [1.54, 1.807) is 0 Å². The van der Waals surface area contributed by atoms with E-state index in [0.717, 1.165) is 31.0 Å². The smallest absolute Gasteiger partial charge is 0.321 e. The fourth-order valence-electron chi connectivity index (χ4n) is 2.91. The first-order chi connectivity index (χ1) is 11.7. The van der Waals surface area contributed by atoms with Crippen LogP contribution in [-0.4, -0.2) is 38.6 Å². The summed E-state index contributed by atoms with van der Waals surface area (Å²) in [5.41, 5.74) is -0.237. The standard InChI is InChI=1S/C16H28N6O2S/c1-10-7-5-6-8-11(10)18-14(24)19-12(23)9-25-15-21-20-13(22(15)17)16(2,3)4/h10-11H,5-9,17H2,1-4H3,(H2,18,19,23,24)/t10-,11-/m1/s1. The number of nitrogen functional groups attached to an aromatic ring is 1. The van der Waals surface area contributed by atoms with E-state index in [1.807, 2.05) is 20.8 Å². The van der Waals surface area contributed by atoms with Crippen LogP contribution in [0.25, 0.3) is 0 Å². The molecule has 2 rings (SSSR count). The first kappa shape index (κ1) is 19.6. The molecule has 0 aliphatic heterocycles. The Morgan fingerprint density at radius 2 is 1.96 bits per heavy atom. The first-order valence-corrected chi connectivity index (χ1v) is 9.61. The Morgan fingerprint density at radius 1 is 1.28 bits per heavy atom. The molecule has 1 heterocycles. The average molecular weight is 369 g/mol. The van der Waals surface area contributed by atoms with E-state index in [1.165, 1.54) is 11.1 Å². The SMILES string of the molecule is C[C@@H]1CCCC[C@H]1NC(=O)NC(=O)CSc1nnc(C(C)(C)C)n1N. The number of hydrogen-bond donors (Lipinski definition) is 3. The summed E-state index contributed by atoms with van der Waals surface area (Å²) in [7, 11) is 0. The van der Waals surface area contributed by atoms with Crippen molar-refractivity contribution in [2.75, 3.05) is 11.6 Å². The molecule has 0 unspecified atom stereocenters. The minimum atomic E-state index is -0.436. The monoisotopic (exact) mass is 368 g/mol. The molecule has 1 aliphatic rings. The van der Waals surface area contributed by atoms with Crippen molar-refractivity contribution in [3.8, 4) is 0 Å². The van der Waals surface area contributed by atoms with E-state index in [-0.39, 0.29) is 23.1 Å². The van der Waals surface area contributed by atoms with Crippen molar-refractivity contribution in [3.63, 3.8) is 0 Å². The van der Waals surface area contributed by atoms with Crippen LogP contribution in [0.3, 0.4) is 0 Å². The number of carbonyl (C=O) groups excluding carboxylic acids is 2. The van der Waals surface area contributed by atoms with Gasteiger partial charge in [-0.3, -0.25) is 10.1 Å². The lowest BCUT2D eigenvalue weighted by Crippen LogP contribution is -2.48. The maximum Gasteiger partial charge on any atom is 0.321 e. The summed E-state index contributed by atoms with van der Waals surface area (Å²) in [4.78, 5) is 23.9. The number of thioether (sulfide) groups is 1. The fraction of sp³-hybridized carbons (Fsp3) is 0.750. The molecule has 0 radical (unpaired) electrons. The summed E-state index contributed by atoms with van der Waals surface area (Å²) in [5.74, 6) is 6.72. The summed E-state index contributed by atoms with van der Waals surface area (Å²) < 4.78 is 1.39. The zero-order valence-corrected chi connectivity index (χ0v) is 16.2. The quantitative estimate of drug-likeness (QED) is 0.551. The molecule has 0 bridgehead atoms. The molecule has 1 aromatic rings. The summed E-state index contributed by atoms with van der Waals surface area (Å²) >= 11 is 1.15. The zero-order chi connectivity index (χ0) is 18.6. The van der Waals surface area contributed by atoms with Gasteiger partial charge in [0.05, 0.1) is 5.75 Å². The van der Waals surface area contributed by atoms with Gasteiger partial charge in [0.25, 0.3) is 0 Å². The molecule has 140 valence electrons. The summed E-state index contributed by atoms with van der Waals surface area (Å²) in [6.45, 7) is 8.08. The number of urea groups is 1. The maximum atomic E-state index is 12.0. The van der Waals surface area contributed by atoms with Crippen LogP contribution in [0.1, 0.15) is 59.2 Å². The van der Waals surface area contributed by atoms with E-state index < -0.39 is 6.03 Å². The molecule has 4 N–H and O–H groups in total. The number of carbonyl (C=O) groups is 2. The average Bonchev–Trinajstić information content (AvgIpc) is 2.88. The van der Waals surface area contributed by atoms with E-state index in [4.69, 9.17) is 5.84 Å². The number of nitrogens with one attached hydrogen (secondary N) is 2. The first-order valence-electron chi connectivity index (χ1n) is 8.62. The molecule has 0 spiro atoms. The van der Waals surface area contributed by atoms with E-state index >= 15 is 0 Å². The number of hydrogen-bond acceptors (Lipinski definition) is 6. The van der Waals surface area contributed by atoms with Crippen LogP contribution < -0.4 is 16.5 Å². The molecule has 0 saturated heterocycles. The van der Waals surface area contributed by atoms with Gasteiger partial charge in [0, 0.05) is 11.5 Å². The summed E-state index contributed by atoms with van der Waals surface area (Å²) in [5, 5.41) is 13.8. The molecule has 1 aliphatic carbocycles. The van der Waals surface area contributed by atoms with Gasteiger partial charge in [-0.25, -0.2) is 9.47 Å². The Balaban J connectivity index is 1.81. The Labute approximate surface area is 152 Å². The Bertz CT molecular complexity index is 625. The van der Waals surface area contributed by atoms with Gasteiger partial charge >= 0.3 is 6.03 Å². The van der Waals surface area contributed by atoms with Crippen molar-refractivity contribution in [2.24, 2.45) is 5.92 Å². The minimum Gasteiger partial charge on any atom is -0.336 e. The third kappa shape index (κ3) is 5.35. The van der Waals surface area contributed by atoms with Crippen molar-refractivity contribution in [2.45, 2.75) is 70.0 Å². The Morgan fingerprint density at radius 3 is 2.56 bits per heavy atom. The third-order valence-electron chi connectivity index (χ3n) is 4.35. The molecular formula is C16H28N6O2S. The van der Waals surface area contributed by atoms with Gasteiger partial charge in [-0.2, -0.15) is 0 Å². The van der Waals surface area contributed by atoms with E-state index in [9.17, 15) is 9.59 Å². The molecule has 2 atom stereocenters. The zero-order valence-electron chi connectivity index (χ0n) is 15.3. The Kier molecular flexibility index (Phi) is 6.31. The largest absolute Gasteiger partial charge is 0.336 e. The number of imide groups is 1. The van der Waals surface area contributed by atoms with Crippen LogP contribution in [0.15, 0.2) is 5.16 Å². The molecule has 1 saturated carbocycles. The lowest BCUT2D eigenvalue weighted by molar-refractivity contribution is -0.117. The van der Waals surface area contributed by atoms with Gasteiger partial charge in [-0.05, 0) is 18.8 Å². The van der Waals surface area contributed by atoms with Crippen molar-refractivity contribution < 1.29 is 9.59 Å². The molecule has 25 heavy (non-hydrogen) atoms. The summed E-state index contributed by atoms with van der Waals surface area (Å²) in [6, 6.07) is -0.301. The van der Waals surface area contributed by atoms with Gasteiger partial charge in [0.1, 0.15) is 0 Å². The molecule has 0 aromatic carbocycles. The van der Waals surface area contributed by atoms with Gasteiger partial charge in [0.2, 0.25) is 11.1 Å². The predicted octanol–water partition coefficient (Wildman–Crippen LogP) is 1.79. The second kappa shape index (κ2) is 8.07. The highest BCUT2D eigenvalue weighted by Crippen LogP contribution is 2.24. The van der Waals surface area contributed by atoms with Crippen molar-refractivity contribution in [1.82, 2.24) is 25.5 Å². The van der Waals surface area contributed by atoms with Crippen LogP contribution in [0.2, 0.25) is 0 Å². The second-order valence-corrected chi connectivity index (χ2v) is 8.55. The van der Waals surface area contributed by atoms with Crippen LogP contribution in [-0.2, 0) is 10.2 Å². The molecule has 1 aromatic heterocycles. The fourth-order valence-corrected chi connectivity index (χ4v) is 3.57. The number of amides is 3. The van der Waals surface area contributed by atoms with Crippen LogP contribution >= 0.6 is 11.8 Å². The van der Waals surface area contributed by atoms with Crippen molar-refractivity contribution in [3.05, 3.63) is 5.82 Å².